The number of carbonyl (C=O) groups is 3. The van der Waals surface area contributed by atoms with Crippen molar-refractivity contribution in [3.63, 3.8) is 0 Å². The van der Waals surface area contributed by atoms with Crippen LogP contribution in [0.1, 0.15) is 355 Å². The molecule has 0 amide bonds. The molecule has 0 aliphatic rings. The van der Waals surface area contributed by atoms with Gasteiger partial charge in [-0.2, -0.15) is 0 Å². The maximum atomic E-state index is 12.9. The molecule has 0 unspecified atom stereocenters. The predicted octanol–water partition coefficient (Wildman–Crippen LogP) is 22.0. The van der Waals surface area contributed by atoms with Crippen LogP contribution in [0.3, 0.4) is 0 Å². The highest BCUT2D eigenvalue weighted by Gasteiger charge is 2.19. The third-order valence-corrected chi connectivity index (χ3v) is 14.6. The molecule has 0 saturated carbocycles. The zero-order valence-corrected chi connectivity index (χ0v) is 49.2. The highest BCUT2D eigenvalue weighted by atomic mass is 16.6. The predicted molar refractivity (Wildman–Crippen MR) is 316 cm³/mol. The quantitative estimate of drug-likeness (QED) is 0.0261. The molecule has 0 aromatic heterocycles. The number of esters is 3. The number of unbranched alkanes of at least 4 members (excludes halogenated alkanes) is 43. The molecule has 1 atom stereocenters. The lowest BCUT2D eigenvalue weighted by atomic mass is 10.0. The molecule has 0 aliphatic carbocycles. The van der Waals surface area contributed by atoms with E-state index >= 15 is 0 Å². The van der Waals surface area contributed by atoms with E-state index < -0.39 is 6.10 Å². The molecule has 0 fully saturated rings. The van der Waals surface area contributed by atoms with Gasteiger partial charge in [0, 0.05) is 19.3 Å². The molecular formula is C67H124O6. The van der Waals surface area contributed by atoms with Crippen molar-refractivity contribution in [3.05, 3.63) is 36.5 Å². The zero-order valence-electron chi connectivity index (χ0n) is 49.2. The molecule has 0 bridgehead atoms. The van der Waals surface area contributed by atoms with Crippen molar-refractivity contribution in [3.8, 4) is 0 Å². The Balaban J connectivity index is 4.34. The summed E-state index contributed by atoms with van der Waals surface area (Å²) in [6.07, 6.45) is 75.7. The smallest absolute Gasteiger partial charge is 0.306 e. The Labute approximate surface area is 455 Å². The summed E-state index contributed by atoms with van der Waals surface area (Å²) in [7, 11) is 0. The summed E-state index contributed by atoms with van der Waals surface area (Å²) in [5.41, 5.74) is 0. The summed E-state index contributed by atoms with van der Waals surface area (Å²) in [5, 5.41) is 0. The Hall–Kier alpha value is -2.37. The van der Waals surface area contributed by atoms with Crippen LogP contribution in [0, 0.1) is 0 Å². The average Bonchev–Trinajstić information content (AvgIpc) is 3.39. The minimum Gasteiger partial charge on any atom is -0.462 e. The van der Waals surface area contributed by atoms with Gasteiger partial charge in [0.15, 0.2) is 6.10 Å². The van der Waals surface area contributed by atoms with Crippen LogP contribution in [-0.4, -0.2) is 37.2 Å². The lowest BCUT2D eigenvalue weighted by Gasteiger charge is -2.18. The van der Waals surface area contributed by atoms with Crippen molar-refractivity contribution in [1.29, 1.82) is 0 Å². The van der Waals surface area contributed by atoms with Crippen molar-refractivity contribution in [2.75, 3.05) is 13.2 Å². The van der Waals surface area contributed by atoms with Gasteiger partial charge in [0.25, 0.3) is 0 Å². The van der Waals surface area contributed by atoms with E-state index in [1.54, 1.807) is 0 Å². The summed E-state index contributed by atoms with van der Waals surface area (Å²) in [4.78, 5) is 38.3. The van der Waals surface area contributed by atoms with Crippen molar-refractivity contribution < 1.29 is 28.6 Å². The Morgan fingerprint density at radius 2 is 0.493 bits per heavy atom. The summed E-state index contributed by atoms with van der Waals surface area (Å²) < 4.78 is 17.0. The Morgan fingerprint density at radius 1 is 0.274 bits per heavy atom. The third kappa shape index (κ3) is 60.4. The SMILES string of the molecule is CCCCC/C=C\C/C=C\C/C=C\CCCCCCCCC(=O)OC[C@@H](COC(=O)CCCCCCCCCCCCCCCCCCC)OC(=O)CCCCCCCCCCCCCCCCCCCCC. The van der Waals surface area contributed by atoms with Gasteiger partial charge in [-0.15, -0.1) is 0 Å². The van der Waals surface area contributed by atoms with Crippen molar-refractivity contribution >= 4 is 17.9 Å². The first-order valence-corrected chi connectivity index (χ1v) is 32.5. The molecule has 73 heavy (non-hydrogen) atoms. The molecule has 0 radical (unpaired) electrons. The molecule has 428 valence electrons. The van der Waals surface area contributed by atoms with Crippen LogP contribution in [0.5, 0.6) is 0 Å². The van der Waals surface area contributed by atoms with E-state index in [0.717, 1.165) is 77.0 Å². The summed E-state index contributed by atoms with van der Waals surface area (Å²) in [6, 6.07) is 0. The molecule has 0 aromatic rings. The van der Waals surface area contributed by atoms with Gasteiger partial charge >= 0.3 is 17.9 Å². The first kappa shape index (κ1) is 70.6. The number of hydrogen-bond acceptors (Lipinski definition) is 6. The molecule has 0 heterocycles. The number of hydrogen-bond donors (Lipinski definition) is 0. The second-order valence-corrected chi connectivity index (χ2v) is 22.0. The molecule has 0 saturated heterocycles. The van der Waals surface area contributed by atoms with Gasteiger partial charge in [-0.05, 0) is 57.8 Å². The Morgan fingerprint density at radius 3 is 0.795 bits per heavy atom. The fraction of sp³-hybridized carbons (Fsp3) is 0.866. The maximum absolute atomic E-state index is 12.9. The van der Waals surface area contributed by atoms with Crippen LogP contribution in [-0.2, 0) is 28.6 Å². The molecule has 6 heteroatoms. The van der Waals surface area contributed by atoms with Crippen LogP contribution in [0.25, 0.3) is 0 Å². The Bertz CT molecular complexity index is 1220. The molecule has 0 N–H and O–H groups in total. The molecule has 6 nitrogen and oxygen atoms in total. The van der Waals surface area contributed by atoms with Crippen LogP contribution < -0.4 is 0 Å². The van der Waals surface area contributed by atoms with E-state index in [-0.39, 0.29) is 31.1 Å². The highest BCUT2D eigenvalue weighted by molar-refractivity contribution is 5.71. The van der Waals surface area contributed by atoms with Crippen molar-refractivity contribution in [2.24, 2.45) is 0 Å². The minimum atomic E-state index is -0.774. The van der Waals surface area contributed by atoms with Gasteiger partial charge in [-0.1, -0.05) is 314 Å². The van der Waals surface area contributed by atoms with E-state index in [4.69, 9.17) is 14.2 Å². The van der Waals surface area contributed by atoms with Crippen LogP contribution >= 0.6 is 0 Å². The topological polar surface area (TPSA) is 78.9 Å². The van der Waals surface area contributed by atoms with Gasteiger partial charge < -0.3 is 14.2 Å². The third-order valence-electron chi connectivity index (χ3n) is 14.6. The van der Waals surface area contributed by atoms with Crippen LogP contribution in [0.15, 0.2) is 36.5 Å². The van der Waals surface area contributed by atoms with Gasteiger partial charge in [0.1, 0.15) is 13.2 Å². The summed E-state index contributed by atoms with van der Waals surface area (Å²) >= 11 is 0. The zero-order chi connectivity index (χ0) is 52.9. The Kier molecular flexibility index (Phi) is 60.2. The van der Waals surface area contributed by atoms with Crippen molar-refractivity contribution in [2.45, 2.75) is 361 Å². The summed E-state index contributed by atoms with van der Waals surface area (Å²) in [6.45, 7) is 6.67. The number of allylic oxidation sites excluding steroid dienone is 6. The first-order chi connectivity index (χ1) is 36.0. The monoisotopic (exact) mass is 1020 g/mol. The fourth-order valence-corrected chi connectivity index (χ4v) is 9.75. The normalized spacial score (nSPS) is 12.2. The van der Waals surface area contributed by atoms with Gasteiger partial charge in [0.2, 0.25) is 0 Å². The highest BCUT2D eigenvalue weighted by Crippen LogP contribution is 2.18. The van der Waals surface area contributed by atoms with Crippen LogP contribution in [0.2, 0.25) is 0 Å². The van der Waals surface area contributed by atoms with E-state index in [9.17, 15) is 14.4 Å². The summed E-state index contributed by atoms with van der Waals surface area (Å²) in [5.74, 6) is -0.856. The molecule has 0 aromatic carbocycles. The lowest BCUT2D eigenvalue weighted by Crippen LogP contribution is -2.30. The van der Waals surface area contributed by atoms with Crippen LogP contribution in [0.4, 0.5) is 0 Å². The minimum absolute atomic E-state index is 0.0707. The average molecular weight is 1030 g/mol. The molecule has 0 spiro atoms. The molecular weight excluding hydrogens is 901 g/mol. The molecule has 0 rings (SSSR count). The number of ether oxygens (including phenoxy) is 3. The van der Waals surface area contributed by atoms with E-state index in [0.29, 0.717) is 19.3 Å². The lowest BCUT2D eigenvalue weighted by molar-refractivity contribution is -0.167. The largest absolute Gasteiger partial charge is 0.462 e. The number of rotatable bonds is 60. The second-order valence-electron chi connectivity index (χ2n) is 22.0. The first-order valence-electron chi connectivity index (χ1n) is 32.5. The van der Waals surface area contributed by atoms with Gasteiger partial charge in [0.05, 0.1) is 0 Å². The fourth-order valence-electron chi connectivity index (χ4n) is 9.75. The van der Waals surface area contributed by atoms with Gasteiger partial charge in [-0.25, -0.2) is 0 Å². The second kappa shape index (κ2) is 62.2. The number of carbonyl (C=O) groups excluding carboxylic acids is 3. The van der Waals surface area contributed by atoms with E-state index in [1.165, 1.54) is 238 Å². The van der Waals surface area contributed by atoms with E-state index in [1.807, 2.05) is 0 Å². The standard InChI is InChI=1S/C67H124O6/c1-4-7-10-13-16-19-22-25-28-31-33-36-39-42-45-48-51-54-57-60-66(69)72-63-64(62-71-65(68)59-56-53-50-47-44-41-38-35-30-27-24-21-18-15-12-9-6-3)73-67(70)61-58-55-52-49-46-43-40-37-34-32-29-26-23-20-17-14-11-8-5-2/h16,19,25,28,33,36,64H,4-15,17-18,20-24,26-27,29-32,34-35,37-63H2,1-3H3/b19-16-,28-25-,36-33-/t64-/m1/s1. The maximum Gasteiger partial charge on any atom is 0.306 e. The van der Waals surface area contributed by atoms with E-state index in [2.05, 4.69) is 57.2 Å². The molecule has 0 aliphatic heterocycles. The van der Waals surface area contributed by atoms with Gasteiger partial charge in [-0.3, -0.25) is 14.4 Å². The van der Waals surface area contributed by atoms with Crippen molar-refractivity contribution in [1.82, 2.24) is 0 Å².